The average Bonchev–Trinajstić information content (AvgIpc) is 3.36. The van der Waals surface area contributed by atoms with Gasteiger partial charge in [0, 0.05) is 37.8 Å². The first-order chi connectivity index (χ1) is 10.6. The lowest BCUT2D eigenvalue weighted by Crippen LogP contribution is -2.52. The minimum atomic E-state index is 0.312. The zero-order chi connectivity index (χ0) is 15.7. The number of anilines is 1. The molecule has 118 valence electrons. The van der Waals surface area contributed by atoms with Crippen molar-refractivity contribution in [3.63, 3.8) is 0 Å². The second-order valence-corrected chi connectivity index (χ2v) is 6.65. The van der Waals surface area contributed by atoms with Gasteiger partial charge in [0.05, 0.1) is 0 Å². The van der Waals surface area contributed by atoms with Gasteiger partial charge in [0.2, 0.25) is 5.91 Å². The molecule has 3 rings (SSSR count). The highest BCUT2D eigenvalue weighted by Crippen LogP contribution is 2.31. The molecule has 0 spiro atoms. The van der Waals surface area contributed by atoms with Crippen molar-refractivity contribution in [1.29, 1.82) is 0 Å². The number of carbonyl (C=O) groups is 1. The molecule has 1 aromatic rings. The van der Waals surface area contributed by atoms with Crippen molar-refractivity contribution in [2.24, 2.45) is 5.92 Å². The molecule has 1 aromatic carbocycles. The number of hydrogen-bond acceptors (Lipinski definition) is 2. The van der Waals surface area contributed by atoms with Gasteiger partial charge in [-0.05, 0) is 56.1 Å². The van der Waals surface area contributed by atoms with Crippen molar-refractivity contribution >= 4 is 28.9 Å². The monoisotopic (exact) mass is 317 g/mol. The maximum atomic E-state index is 12.1. The highest BCUT2D eigenvalue weighted by Gasteiger charge is 2.34. The van der Waals surface area contributed by atoms with Crippen molar-refractivity contribution in [3.05, 3.63) is 29.3 Å². The van der Waals surface area contributed by atoms with Crippen molar-refractivity contribution in [2.45, 2.75) is 26.7 Å². The summed E-state index contributed by atoms with van der Waals surface area (Å²) < 4.78 is 0. The Balaban J connectivity index is 1.55. The molecule has 0 atom stereocenters. The van der Waals surface area contributed by atoms with Crippen LogP contribution in [-0.2, 0) is 4.79 Å². The fourth-order valence-electron chi connectivity index (χ4n) is 2.80. The van der Waals surface area contributed by atoms with Crippen LogP contribution in [0.4, 0.5) is 5.69 Å². The number of thiocarbonyl (C=S) groups is 1. The third kappa shape index (κ3) is 3.24. The zero-order valence-corrected chi connectivity index (χ0v) is 14.1. The summed E-state index contributed by atoms with van der Waals surface area (Å²) in [5.41, 5.74) is 3.56. The van der Waals surface area contributed by atoms with E-state index in [1.165, 1.54) is 11.1 Å². The van der Waals surface area contributed by atoms with Gasteiger partial charge in [0.25, 0.3) is 0 Å². The molecule has 0 unspecified atom stereocenters. The van der Waals surface area contributed by atoms with Crippen LogP contribution in [0.15, 0.2) is 18.2 Å². The summed E-state index contributed by atoms with van der Waals surface area (Å²) in [5.74, 6) is 0.652. The first-order valence-electron chi connectivity index (χ1n) is 7.97. The van der Waals surface area contributed by atoms with Gasteiger partial charge in [-0.1, -0.05) is 12.1 Å². The molecule has 1 aliphatic carbocycles. The number of amides is 1. The Labute approximate surface area is 137 Å². The van der Waals surface area contributed by atoms with Gasteiger partial charge >= 0.3 is 0 Å². The molecule has 1 saturated heterocycles. The third-order valence-electron chi connectivity index (χ3n) is 4.65. The molecule has 22 heavy (non-hydrogen) atoms. The van der Waals surface area contributed by atoms with Crippen LogP contribution in [-0.4, -0.2) is 47.0 Å². The minimum Gasteiger partial charge on any atom is -0.345 e. The standard InChI is InChI=1S/C17H23N3OS/c1-12-4-3-5-15(13(12)2)18-17(22)20-10-8-19(9-11-20)16(21)14-6-7-14/h3-5,14H,6-11H2,1-2H3,(H,18,22). The Bertz CT molecular complexity index is 590. The molecule has 0 aromatic heterocycles. The molecule has 1 amide bonds. The Morgan fingerprint density at radius 1 is 1.14 bits per heavy atom. The molecular formula is C17H23N3OS. The van der Waals surface area contributed by atoms with E-state index in [9.17, 15) is 4.79 Å². The molecule has 4 nitrogen and oxygen atoms in total. The van der Waals surface area contributed by atoms with E-state index in [4.69, 9.17) is 12.2 Å². The third-order valence-corrected chi connectivity index (χ3v) is 5.01. The summed E-state index contributed by atoms with van der Waals surface area (Å²) >= 11 is 5.54. The average molecular weight is 317 g/mol. The summed E-state index contributed by atoms with van der Waals surface area (Å²) in [5, 5.41) is 4.11. The van der Waals surface area contributed by atoms with Gasteiger partial charge in [-0.2, -0.15) is 0 Å². The first kappa shape index (κ1) is 15.3. The smallest absolute Gasteiger partial charge is 0.225 e. The van der Waals surface area contributed by atoms with E-state index in [1.54, 1.807) is 0 Å². The van der Waals surface area contributed by atoms with Crippen LogP contribution in [0.1, 0.15) is 24.0 Å². The van der Waals surface area contributed by atoms with Gasteiger partial charge in [-0.25, -0.2) is 0 Å². The summed E-state index contributed by atoms with van der Waals surface area (Å²) in [6, 6.07) is 6.20. The molecule has 5 heteroatoms. The van der Waals surface area contributed by atoms with Crippen molar-refractivity contribution < 1.29 is 4.79 Å². The van der Waals surface area contributed by atoms with Gasteiger partial charge in [0.1, 0.15) is 0 Å². The van der Waals surface area contributed by atoms with Crippen LogP contribution in [0.5, 0.6) is 0 Å². The second-order valence-electron chi connectivity index (χ2n) is 6.26. The van der Waals surface area contributed by atoms with E-state index in [-0.39, 0.29) is 0 Å². The Hall–Kier alpha value is -1.62. The van der Waals surface area contributed by atoms with Crippen LogP contribution in [0.2, 0.25) is 0 Å². The predicted molar refractivity (Wildman–Crippen MR) is 93.0 cm³/mol. The fourth-order valence-corrected chi connectivity index (χ4v) is 3.09. The molecular weight excluding hydrogens is 294 g/mol. The van der Waals surface area contributed by atoms with E-state index < -0.39 is 0 Å². The lowest BCUT2D eigenvalue weighted by Gasteiger charge is -2.36. The number of aryl methyl sites for hydroxylation is 1. The molecule has 1 saturated carbocycles. The number of nitrogens with zero attached hydrogens (tertiary/aromatic N) is 2. The number of carbonyl (C=O) groups excluding carboxylic acids is 1. The van der Waals surface area contributed by atoms with Gasteiger partial charge in [-0.3, -0.25) is 4.79 Å². The summed E-state index contributed by atoms with van der Waals surface area (Å²) in [6.45, 7) is 7.40. The minimum absolute atomic E-state index is 0.312. The summed E-state index contributed by atoms with van der Waals surface area (Å²) in [4.78, 5) is 16.2. The first-order valence-corrected chi connectivity index (χ1v) is 8.38. The Morgan fingerprint density at radius 2 is 1.77 bits per heavy atom. The molecule has 1 aliphatic heterocycles. The zero-order valence-electron chi connectivity index (χ0n) is 13.3. The number of piperazine rings is 1. The Morgan fingerprint density at radius 3 is 2.41 bits per heavy atom. The van der Waals surface area contributed by atoms with Crippen LogP contribution in [0.3, 0.4) is 0 Å². The number of benzene rings is 1. The van der Waals surface area contributed by atoms with E-state index in [1.807, 2.05) is 11.0 Å². The lowest BCUT2D eigenvalue weighted by atomic mass is 10.1. The van der Waals surface area contributed by atoms with Gasteiger partial charge in [-0.15, -0.1) is 0 Å². The largest absolute Gasteiger partial charge is 0.345 e. The van der Waals surface area contributed by atoms with Crippen molar-refractivity contribution in [2.75, 3.05) is 31.5 Å². The molecule has 2 aliphatic rings. The Kier molecular flexibility index (Phi) is 4.34. The van der Waals surface area contributed by atoms with E-state index in [2.05, 4.69) is 36.2 Å². The molecule has 2 fully saturated rings. The maximum absolute atomic E-state index is 12.1. The maximum Gasteiger partial charge on any atom is 0.225 e. The van der Waals surface area contributed by atoms with E-state index in [0.29, 0.717) is 11.8 Å². The van der Waals surface area contributed by atoms with Gasteiger partial charge < -0.3 is 15.1 Å². The molecule has 1 N–H and O–H groups in total. The van der Waals surface area contributed by atoms with Crippen LogP contribution in [0, 0.1) is 19.8 Å². The number of rotatable bonds is 2. The topological polar surface area (TPSA) is 35.6 Å². The SMILES string of the molecule is Cc1cccc(NC(=S)N2CCN(C(=O)C3CC3)CC2)c1C. The predicted octanol–water partition coefficient (Wildman–Crippen LogP) is 2.55. The fraction of sp³-hybridized carbons (Fsp3) is 0.529. The highest BCUT2D eigenvalue weighted by atomic mass is 32.1. The van der Waals surface area contributed by atoms with Crippen molar-refractivity contribution in [3.8, 4) is 0 Å². The van der Waals surface area contributed by atoms with E-state index >= 15 is 0 Å². The molecule has 0 bridgehead atoms. The summed E-state index contributed by atoms with van der Waals surface area (Å²) in [7, 11) is 0. The van der Waals surface area contributed by atoms with Crippen LogP contribution >= 0.6 is 12.2 Å². The number of hydrogen-bond donors (Lipinski definition) is 1. The summed E-state index contributed by atoms with van der Waals surface area (Å²) in [6.07, 6.45) is 2.15. The van der Waals surface area contributed by atoms with Gasteiger partial charge in [0.15, 0.2) is 5.11 Å². The number of nitrogens with one attached hydrogen (secondary N) is 1. The highest BCUT2D eigenvalue weighted by molar-refractivity contribution is 7.80. The molecule has 1 heterocycles. The van der Waals surface area contributed by atoms with Crippen LogP contribution < -0.4 is 5.32 Å². The van der Waals surface area contributed by atoms with E-state index in [0.717, 1.165) is 49.8 Å². The second kappa shape index (κ2) is 6.24. The van der Waals surface area contributed by atoms with Crippen molar-refractivity contribution in [1.82, 2.24) is 9.80 Å². The quantitative estimate of drug-likeness (QED) is 0.851. The normalized spacial score (nSPS) is 18.3. The van der Waals surface area contributed by atoms with Crippen LogP contribution in [0.25, 0.3) is 0 Å². The lowest BCUT2D eigenvalue weighted by molar-refractivity contribution is -0.133. The molecule has 0 radical (unpaired) electrons.